The number of carbonyl (C=O) groups excluding carboxylic acids is 1. The summed E-state index contributed by atoms with van der Waals surface area (Å²) in [6.07, 6.45) is 4.31. The van der Waals surface area contributed by atoms with Crippen molar-refractivity contribution in [2.75, 3.05) is 56.2 Å². The number of hydrogen-bond donors (Lipinski definition) is 1. The second-order valence-electron chi connectivity index (χ2n) is 6.16. The molecule has 0 aromatic carbocycles. The maximum absolute atomic E-state index is 12.2. The lowest BCUT2D eigenvalue weighted by atomic mass is 10.2. The van der Waals surface area contributed by atoms with E-state index in [0.29, 0.717) is 18.8 Å². The number of ether oxygens (including phenoxy) is 1. The van der Waals surface area contributed by atoms with Crippen molar-refractivity contribution in [3.8, 4) is 0 Å². The van der Waals surface area contributed by atoms with Gasteiger partial charge in [0.05, 0.1) is 0 Å². The molecule has 7 nitrogen and oxygen atoms in total. The van der Waals surface area contributed by atoms with Crippen LogP contribution in [0.1, 0.15) is 16.9 Å². The van der Waals surface area contributed by atoms with Crippen LogP contribution in [0, 0.1) is 0 Å². The normalized spacial score (nSPS) is 14.3. The zero-order chi connectivity index (χ0) is 18.2. The molecule has 1 amide bonds. The van der Waals surface area contributed by atoms with Crippen molar-refractivity contribution in [3.05, 3.63) is 48.4 Å². The van der Waals surface area contributed by atoms with E-state index in [1.165, 1.54) is 0 Å². The number of carbonyl (C=O) groups is 1. The van der Waals surface area contributed by atoms with Gasteiger partial charge in [0.1, 0.15) is 11.5 Å². The van der Waals surface area contributed by atoms with E-state index < -0.39 is 0 Å². The number of aromatic nitrogens is 2. The lowest BCUT2D eigenvalue weighted by molar-refractivity contribution is 0.0943. The Bertz CT molecular complexity index is 702. The predicted octanol–water partition coefficient (Wildman–Crippen LogP) is 1.57. The second kappa shape index (κ2) is 9.15. The van der Waals surface area contributed by atoms with Gasteiger partial charge >= 0.3 is 0 Å². The Kier molecular flexibility index (Phi) is 6.38. The molecule has 0 aliphatic carbocycles. The molecule has 0 saturated carbocycles. The molecule has 138 valence electrons. The van der Waals surface area contributed by atoms with E-state index in [2.05, 4.69) is 25.1 Å². The average Bonchev–Trinajstić information content (AvgIpc) is 2.72. The number of amides is 1. The van der Waals surface area contributed by atoms with Crippen molar-refractivity contribution in [1.82, 2.24) is 15.3 Å². The minimum absolute atomic E-state index is 0.143. The Balaban J connectivity index is 1.56. The van der Waals surface area contributed by atoms with Crippen molar-refractivity contribution in [1.29, 1.82) is 0 Å². The number of anilines is 2. The van der Waals surface area contributed by atoms with Crippen LogP contribution < -0.4 is 15.1 Å². The summed E-state index contributed by atoms with van der Waals surface area (Å²) in [7, 11) is 1.65. The molecule has 1 aliphatic rings. The Labute approximate surface area is 154 Å². The van der Waals surface area contributed by atoms with Crippen LogP contribution >= 0.6 is 0 Å². The first-order chi connectivity index (χ1) is 12.8. The highest BCUT2D eigenvalue weighted by Crippen LogP contribution is 2.19. The number of nitrogens with zero attached hydrogens (tertiary/aromatic N) is 4. The van der Waals surface area contributed by atoms with E-state index >= 15 is 0 Å². The number of piperazine rings is 1. The summed E-state index contributed by atoms with van der Waals surface area (Å²) in [6.45, 7) is 4.79. The van der Waals surface area contributed by atoms with E-state index in [1.54, 1.807) is 13.3 Å². The quantitative estimate of drug-likeness (QED) is 0.760. The maximum Gasteiger partial charge on any atom is 0.269 e. The Morgan fingerprint density at radius 1 is 1.12 bits per heavy atom. The summed E-state index contributed by atoms with van der Waals surface area (Å²) >= 11 is 0. The van der Waals surface area contributed by atoms with Crippen molar-refractivity contribution in [2.45, 2.75) is 6.42 Å². The summed E-state index contributed by atoms with van der Waals surface area (Å²) in [4.78, 5) is 25.4. The molecule has 1 fully saturated rings. The molecule has 0 bridgehead atoms. The number of rotatable bonds is 7. The fourth-order valence-electron chi connectivity index (χ4n) is 2.98. The van der Waals surface area contributed by atoms with Crippen LogP contribution in [0.3, 0.4) is 0 Å². The summed E-state index contributed by atoms with van der Waals surface area (Å²) in [5.41, 5.74) is 1.48. The van der Waals surface area contributed by atoms with Gasteiger partial charge in [0, 0.05) is 64.5 Å². The van der Waals surface area contributed by atoms with Gasteiger partial charge in [0.15, 0.2) is 0 Å². The molecule has 2 aromatic rings. The second-order valence-corrected chi connectivity index (χ2v) is 6.16. The molecule has 0 unspecified atom stereocenters. The van der Waals surface area contributed by atoms with Gasteiger partial charge in [-0.1, -0.05) is 6.07 Å². The first-order valence-electron chi connectivity index (χ1n) is 8.92. The van der Waals surface area contributed by atoms with Gasteiger partial charge in [0.2, 0.25) is 0 Å². The zero-order valence-electron chi connectivity index (χ0n) is 15.1. The van der Waals surface area contributed by atoms with Crippen LogP contribution in [-0.4, -0.2) is 62.3 Å². The third-order valence-corrected chi connectivity index (χ3v) is 4.41. The molecule has 0 radical (unpaired) electrons. The van der Waals surface area contributed by atoms with Crippen LogP contribution in [-0.2, 0) is 4.74 Å². The van der Waals surface area contributed by atoms with E-state index in [9.17, 15) is 4.79 Å². The van der Waals surface area contributed by atoms with Crippen molar-refractivity contribution < 1.29 is 9.53 Å². The van der Waals surface area contributed by atoms with Crippen LogP contribution in [0.5, 0.6) is 0 Å². The molecular weight excluding hydrogens is 330 g/mol. The lowest BCUT2D eigenvalue weighted by Gasteiger charge is -2.36. The van der Waals surface area contributed by atoms with Gasteiger partial charge in [-0.05, 0) is 30.7 Å². The molecule has 26 heavy (non-hydrogen) atoms. The summed E-state index contributed by atoms with van der Waals surface area (Å²) in [6, 6.07) is 9.79. The third kappa shape index (κ3) is 4.70. The number of nitrogens with one attached hydrogen (secondary N) is 1. The molecule has 3 rings (SSSR count). The molecular formula is C19H25N5O2. The first kappa shape index (κ1) is 18.1. The Morgan fingerprint density at radius 2 is 1.92 bits per heavy atom. The summed E-state index contributed by atoms with van der Waals surface area (Å²) < 4.78 is 4.99. The van der Waals surface area contributed by atoms with E-state index in [0.717, 1.165) is 44.1 Å². The van der Waals surface area contributed by atoms with Gasteiger partial charge in [-0.2, -0.15) is 0 Å². The van der Waals surface area contributed by atoms with Gasteiger partial charge in [-0.3, -0.25) is 9.78 Å². The zero-order valence-corrected chi connectivity index (χ0v) is 15.1. The van der Waals surface area contributed by atoms with E-state index in [1.807, 2.05) is 36.5 Å². The van der Waals surface area contributed by atoms with Crippen LogP contribution in [0.2, 0.25) is 0 Å². The molecule has 2 aromatic heterocycles. The SMILES string of the molecule is COCCCNC(=O)c1cc(N2CCN(c3ccccn3)CC2)ccn1. The molecule has 1 N–H and O–H groups in total. The lowest BCUT2D eigenvalue weighted by Crippen LogP contribution is -2.46. The van der Waals surface area contributed by atoms with E-state index in [4.69, 9.17) is 4.74 Å². The van der Waals surface area contributed by atoms with Gasteiger partial charge in [0.25, 0.3) is 5.91 Å². The highest BCUT2D eigenvalue weighted by molar-refractivity contribution is 5.93. The monoisotopic (exact) mass is 355 g/mol. The van der Waals surface area contributed by atoms with Gasteiger partial charge in [-0.25, -0.2) is 4.98 Å². The molecule has 3 heterocycles. The van der Waals surface area contributed by atoms with Crippen molar-refractivity contribution >= 4 is 17.4 Å². The topological polar surface area (TPSA) is 70.6 Å². The molecule has 7 heteroatoms. The van der Waals surface area contributed by atoms with Crippen molar-refractivity contribution in [3.63, 3.8) is 0 Å². The number of hydrogen-bond acceptors (Lipinski definition) is 6. The number of methoxy groups -OCH3 is 1. The standard InChI is InChI=1S/C19H25N5O2/c1-26-14-4-8-22-19(25)17-15-16(6-9-20-17)23-10-12-24(13-11-23)18-5-2-3-7-21-18/h2-3,5-7,9,15H,4,8,10-14H2,1H3,(H,22,25). The highest BCUT2D eigenvalue weighted by atomic mass is 16.5. The Morgan fingerprint density at radius 3 is 2.65 bits per heavy atom. The molecule has 0 atom stereocenters. The fourth-order valence-corrected chi connectivity index (χ4v) is 2.98. The first-order valence-corrected chi connectivity index (χ1v) is 8.92. The minimum Gasteiger partial charge on any atom is -0.385 e. The summed E-state index contributed by atoms with van der Waals surface area (Å²) in [5.74, 6) is 0.869. The van der Waals surface area contributed by atoms with Gasteiger partial charge < -0.3 is 19.9 Å². The predicted molar refractivity (Wildman–Crippen MR) is 102 cm³/mol. The van der Waals surface area contributed by atoms with Crippen LogP contribution in [0.25, 0.3) is 0 Å². The minimum atomic E-state index is -0.143. The largest absolute Gasteiger partial charge is 0.385 e. The summed E-state index contributed by atoms with van der Waals surface area (Å²) in [5, 5.41) is 2.88. The van der Waals surface area contributed by atoms with Crippen LogP contribution in [0.15, 0.2) is 42.7 Å². The Hall–Kier alpha value is -2.67. The van der Waals surface area contributed by atoms with Crippen LogP contribution in [0.4, 0.5) is 11.5 Å². The van der Waals surface area contributed by atoms with Crippen molar-refractivity contribution in [2.24, 2.45) is 0 Å². The molecule has 1 saturated heterocycles. The smallest absolute Gasteiger partial charge is 0.269 e. The van der Waals surface area contributed by atoms with Gasteiger partial charge in [-0.15, -0.1) is 0 Å². The number of pyridine rings is 2. The molecule has 1 aliphatic heterocycles. The van der Waals surface area contributed by atoms with E-state index in [-0.39, 0.29) is 5.91 Å². The third-order valence-electron chi connectivity index (χ3n) is 4.41. The fraction of sp³-hybridized carbons (Fsp3) is 0.421. The molecule has 0 spiro atoms. The highest BCUT2D eigenvalue weighted by Gasteiger charge is 2.19. The average molecular weight is 355 g/mol. The maximum atomic E-state index is 12.2.